The minimum atomic E-state index is 0.332. The molecular formula is C15H30N2O. The summed E-state index contributed by atoms with van der Waals surface area (Å²) in [6, 6.07) is 1.48. The summed E-state index contributed by atoms with van der Waals surface area (Å²) in [4.78, 5) is 2.69. The SMILES string of the molecule is CCCNC1CCN(C2CC(OC)C2(C)C)CC1. The normalized spacial score (nSPS) is 33.3. The van der Waals surface area contributed by atoms with Gasteiger partial charge < -0.3 is 10.1 Å². The predicted octanol–water partition coefficient (Wildman–Crippen LogP) is 2.26. The van der Waals surface area contributed by atoms with Crippen LogP contribution in [0.5, 0.6) is 0 Å². The fourth-order valence-corrected chi connectivity index (χ4v) is 3.65. The number of nitrogens with one attached hydrogen (secondary N) is 1. The highest BCUT2D eigenvalue weighted by Crippen LogP contribution is 2.46. The quantitative estimate of drug-likeness (QED) is 0.814. The first-order chi connectivity index (χ1) is 8.59. The van der Waals surface area contributed by atoms with Gasteiger partial charge in [-0.1, -0.05) is 20.8 Å². The van der Waals surface area contributed by atoms with Gasteiger partial charge in [0.1, 0.15) is 0 Å². The Hall–Kier alpha value is -0.120. The van der Waals surface area contributed by atoms with E-state index in [4.69, 9.17) is 4.74 Å². The van der Waals surface area contributed by atoms with Crippen molar-refractivity contribution < 1.29 is 4.74 Å². The van der Waals surface area contributed by atoms with E-state index < -0.39 is 0 Å². The minimum absolute atomic E-state index is 0.332. The van der Waals surface area contributed by atoms with Crippen molar-refractivity contribution in [3.8, 4) is 0 Å². The summed E-state index contributed by atoms with van der Waals surface area (Å²) < 4.78 is 5.56. The van der Waals surface area contributed by atoms with Gasteiger partial charge in [-0.2, -0.15) is 0 Å². The van der Waals surface area contributed by atoms with Crippen molar-refractivity contribution >= 4 is 0 Å². The molecule has 3 heteroatoms. The van der Waals surface area contributed by atoms with Gasteiger partial charge in [-0.25, -0.2) is 0 Å². The lowest BCUT2D eigenvalue weighted by Crippen LogP contribution is -2.63. The second kappa shape index (κ2) is 5.89. The van der Waals surface area contributed by atoms with Gasteiger partial charge in [-0.15, -0.1) is 0 Å². The lowest BCUT2D eigenvalue weighted by molar-refractivity contribution is -0.141. The summed E-state index contributed by atoms with van der Waals surface area (Å²) in [5, 5.41) is 3.66. The number of hydrogen-bond acceptors (Lipinski definition) is 3. The maximum absolute atomic E-state index is 5.56. The van der Waals surface area contributed by atoms with E-state index >= 15 is 0 Å². The molecule has 1 saturated heterocycles. The molecule has 0 amide bonds. The van der Waals surface area contributed by atoms with Crippen LogP contribution in [0.1, 0.15) is 46.5 Å². The molecule has 2 fully saturated rings. The van der Waals surface area contributed by atoms with Crippen molar-refractivity contribution in [2.45, 2.75) is 64.6 Å². The van der Waals surface area contributed by atoms with E-state index in [1.807, 2.05) is 7.11 Å². The molecule has 1 aliphatic heterocycles. The Bertz CT molecular complexity index is 259. The van der Waals surface area contributed by atoms with E-state index in [1.54, 1.807) is 0 Å². The van der Waals surface area contributed by atoms with Gasteiger partial charge in [0.2, 0.25) is 0 Å². The minimum Gasteiger partial charge on any atom is -0.381 e. The molecular weight excluding hydrogens is 224 g/mol. The highest BCUT2D eigenvalue weighted by Gasteiger charge is 2.51. The molecule has 0 aromatic heterocycles. The monoisotopic (exact) mass is 254 g/mol. The van der Waals surface area contributed by atoms with Gasteiger partial charge in [0.15, 0.2) is 0 Å². The predicted molar refractivity (Wildman–Crippen MR) is 75.9 cm³/mol. The third-order valence-corrected chi connectivity index (χ3v) is 5.06. The van der Waals surface area contributed by atoms with E-state index in [2.05, 4.69) is 31.0 Å². The molecule has 0 aromatic rings. The van der Waals surface area contributed by atoms with E-state index in [1.165, 1.54) is 45.3 Å². The van der Waals surface area contributed by atoms with Crippen LogP contribution in [0.3, 0.4) is 0 Å². The van der Waals surface area contributed by atoms with Crippen LogP contribution in [0, 0.1) is 5.41 Å². The average molecular weight is 254 g/mol. The zero-order valence-corrected chi connectivity index (χ0v) is 12.5. The first-order valence-electron chi connectivity index (χ1n) is 7.59. The fourth-order valence-electron chi connectivity index (χ4n) is 3.65. The standard InChI is InChI=1S/C15H30N2O/c1-5-8-16-12-6-9-17(10-7-12)13-11-14(18-4)15(13,2)3/h12-14,16H,5-11H2,1-4H3. The zero-order valence-electron chi connectivity index (χ0n) is 12.5. The Morgan fingerprint density at radius 1 is 1.28 bits per heavy atom. The highest BCUT2D eigenvalue weighted by molar-refractivity contribution is 5.04. The molecule has 0 radical (unpaired) electrons. The Morgan fingerprint density at radius 3 is 2.44 bits per heavy atom. The van der Waals surface area contributed by atoms with Crippen molar-refractivity contribution in [3.05, 3.63) is 0 Å². The number of piperidine rings is 1. The smallest absolute Gasteiger partial charge is 0.0652 e. The molecule has 0 aromatic carbocycles. The molecule has 1 heterocycles. The van der Waals surface area contributed by atoms with Crippen LogP contribution in [0.2, 0.25) is 0 Å². The van der Waals surface area contributed by atoms with Crippen molar-refractivity contribution in [2.75, 3.05) is 26.7 Å². The second-order valence-corrected chi connectivity index (χ2v) is 6.56. The molecule has 3 nitrogen and oxygen atoms in total. The maximum Gasteiger partial charge on any atom is 0.0652 e. The summed E-state index contributed by atoms with van der Waals surface area (Å²) in [6.07, 6.45) is 5.54. The lowest BCUT2D eigenvalue weighted by atomic mass is 9.63. The number of nitrogens with zero attached hydrogens (tertiary/aromatic N) is 1. The average Bonchev–Trinajstić information content (AvgIpc) is 2.37. The van der Waals surface area contributed by atoms with Crippen LogP contribution in [0.4, 0.5) is 0 Å². The number of methoxy groups -OCH3 is 1. The number of hydrogen-bond donors (Lipinski definition) is 1. The maximum atomic E-state index is 5.56. The largest absolute Gasteiger partial charge is 0.381 e. The fraction of sp³-hybridized carbons (Fsp3) is 1.00. The van der Waals surface area contributed by atoms with Crippen LogP contribution in [0.15, 0.2) is 0 Å². The third-order valence-electron chi connectivity index (χ3n) is 5.06. The molecule has 2 aliphatic rings. The lowest BCUT2D eigenvalue weighted by Gasteiger charge is -2.56. The summed E-state index contributed by atoms with van der Waals surface area (Å²) >= 11 is 0. The molecule has 18 heavy (non-hydrogen) atoms. The molecule has 0 spiro atoms. The van der Waals surface area contributed by atoms with E-state index in [0.717, 1.165) is 12.1 Å². The number of likely N-dealkylation sites (tertiary alicyclic amines) is 1. The summed E-state index contributed by atoms with van der Waals surface area (Å²) in [5.41, 5.74) is 0.332. The van der Waals surface area contributed by atoms with Gasteiger partial charge in [-0.3, -0.25) is 4.90 Å². The van der Waals surface area contributed by atoms with Crippen molar-refractivity contribution in [1.29, 1.82) is 0 Å². The van der Waals surface area contributed by atoms with Crippen molar-refractivity contribution in [3.63, 3.8) is 0 Å². The van der Waals surface area contributed by atoms with Gasteiger partial charge in [-0.05, 0) is 45.3 Å². The summed E-state index contributed by atoms with van der Waals surface area (Å²) in [6.45, 7) is 10.6. The van der Waals surface area contributed by atoms with Gasteiger partial charge in [0.25, 0.3) is 0 Å². The summed E-state index contributed by atoms with van der Waals surface area (Å²) in [5.74, 6) is 0. The Kier molecular flexibility index (Phi) is 4.68. The Balaban J connectivity index is 1.77. The van der Waals surface area contributed by atoms with Crippen molar-refractivity contribution in [2.24, 2.45) is 5.41 Å². The van der Waals surface area contributed by atoms with Gasteiger partial charge in [0.05, 0.1) is 6.10 Å². The van der Waals surface area contributed by atoms with Crippen LogP contribution in [-0.2, 0) is 4.74 Å². The molecule has 2 rings (SSSR count). The molecule has 1 saturated carbocycles. The Labute approximate surface area is 112 Å². The van der Waals surface area contributed by atoms with E-state index in [-0.39, 0.29) is 0 Å². The molecule has 2 unspecified atom stereocenters. The topological polar surface area (TPSA) is 24.5 Å². The molecule has 2 atom stereocenters. The van der Waals surface area contributed by atoms with Crippen LogP contribution in [-0.4, -0.2) is 49.8 Å². The molecule has 0 bridgehead atoms. The first-order valence-corrected chi connectivity index (χ1v) is 7.59. The summed E-state index contributed by atoms with van der Waals surface area (Å²) in [7, 11) is 1.85. The van der Waals surface area contributed by atoms with Crippen LogP contribution >= 0.6 is 0 Å². The molecule has 1 aliphatic carbocycles. The van der Waals surface area contributed by atoms with E-state index in [0.29, 0.717) is 11.5 Å². The highest BCUT2D eigenvalue weighted by atomic mass is 16.5. The Morgan fingerprint density at radius 2 is 1.94 bits per heavy atom. The number of ether oxygens (including phenoxy) is 1. The second-order valence-electron chi connectivity index (χ2n) is 6.56. The van der Waals surface area contributed by atoms with Gasteiger partial charge in [0, 0.05) is 24.6 Å². The van der Waals surface area contributed by atoms with Crippen LogP contribution < -0.4 is 5.32 Å². The van der Waals surface area contributed by atoms with E-state index in [9.17, 15) is 0 Å². The van der Waals surface area contributed by atoms with Crippen LogP contribution in [0.25, 0.3) is 0 Å². The van der Waals surface area contributed by atoms with Crippen molar-refractivity contribution in [1.82, 2.24) is 10.2 Å². The van der Waals surface area contributed by atoms with Gasteiger partial charge >= 0.3 is 0 Å². The zero-order chi connectivity index (χ0) is 13.2. The number of rotatable bonds is 5. The molecule has 106 valence electrons. The molecule has 1 N–H and O–H groups in total. The first kappa shape index (κ1) is 14.3. The third kappa shape index (κ3) is 2.73.